The van der Waals surface area contributed by atoms with Gasteiger partial charge in [-0.15, -0.1) is 11.5 Å². The molecule has 3 heteroatoms. The van der Waals surface area contributed by atoms with Gasteiger partial charge in [-0.25, -0.2) is 4.68 Å². The predicted octanol–water partition coefficient (Wildman–Crippen LogP) is 1.21. The molecule has 3 nitrogen and oxygen atoms in total. The van der Waals surface area contributed by atoms with Gasteiger partial charge in [0.1, 0.15) is 6.54 Å². The van der Waals surface area contributed by atoms with Crippen LogP contribution in [0.2, 0.25) is 0 Å². The molecule has 0 aliphatic heterocycles. The van der Waals surface area contributed by atoms with Gasteiger partial charge >= 0.3 is 0 Å². The molecule has 1 heterocycles. The standard InChI is InChI=1S/C9H13N3/c1-5-6-12-8(7-10-11-12)9(2,3)4/h1,7H,6H2,2-4H3. The normalized spacial score (nSPS) is 11.2. The fraction of sp³-hybridized carbons (Fsp3) is 0.556. The van der Waals surface area contributed by atoms with Gasteiger partial charge in [0.15, 0.2) is 0 Å². The summed E-state index contributed by atoms with van der Waals surface area (Å²) in [6.07, 6.45) is 6.95. The summed E-state index contributed by atoms with van der Waals surface area (Å²) in [5.74, 6) is 2.54. The quantitative estimate of drug-likeness (QED) is 0.582. The third kappa shape index (κ3) is 1.65. The van der Waals surface area contributed by atoms with Gasteiger partial charge < -0.3 is 0 Å². The largest absolute Gasteiger partial charge is 0.237 e. The summed E-state index contributed by atoms with van der Waals surface area (Å²) < 4.78 is 1.75. The Balaban J connectivity index is 3.01. The summed E-state index contributed by atoms with van der Waals surface area (Å²) in [5, 5.41) is 7.72. The predicted molar refractivity (Wildman–Crippen MR) is 47.6 cm³/mol. The van der Waals surface area contributed by atoms with E-state index in [1.54, 1.807) is 10.9 Å². The molecule has 12 heavy (non-hydrogen) atoms. The monoisotopic (exact) mass is 163 g/mol. The van der Waals surface area contributed by atoms with Gasteiger partial charge in [0.05, 0.1) is 11.9 Å². The van der Waals surface area contributed by atoms with Crippen molar-refractivity contribution in [2.75, 3.05) is 0 Å². The highest BCUT2D eigenvalue weighted by atomic mass is 15.4. The van der Waals surface area contributed by atoms with Crippen LogP contribution in [0.3, 0.4) is 0 Å². The summed E-state index contributed by atoms with van der Waals surface area (Å²) in [4.78, 5) is 0. The molecule has 0 aliphatic carbocycles. The van der Waals surface area contributed by atoms with E-state index >= 15 is 0 Å². The lowest BCUT2D eigenvalue weighted by Crippen LogP contribution is -2.18. The fourth-order valence-corrected chi connectivity index (χ4v) is 1.04. The van der Waals surface area contributed by atoms with Crippen molar-refractivity contribution in [2.24, 2.45) is 0 Å². The lowest BCUT2D eigenvalue weighted by atomic mass is 9.93. The zero-order valence-electron chi connectivity index (χ0n) is 7.70. The van der Waals surface area contributed by atoms with Crippen molar-refractivity contribution in [1.29, 1.82) is 0 Å². The number of rotatable bonds is 1. The molecule has 0 atom stereocenters. The Hall–Kier alpha value is -1.30. The molecule has 0 saturated heterocycles. The Morgan fingerprint density at radius 3 is 2.75 bits per heavy atom. The van der Waals surface area contributed by atoms with Gasteiger partial charge in [0.25, 0.3) is 0 Å². The molecule has 0 saturated carbocycles. The van der Waals surface area contributed by atoms with E-state index in [-0.39, 0.29) is 5.41 Å². The van der Waals surface area contributed by atoms with Crippen molar-refractivity contribution in [2.45, 2.75) is 32.7 Å². The van der Waals surface area contributed by atoms with E-state index in [9.17, 15) is 0 Å². The van der Waals surface area contributed by atoms with E-state index in [1.165, 1.54) is 0 Å². The zero-order valence-corrected chi connectivity index (χ0v) is 7.70. The lowest BCUT2D eigenvalue weighted by molar-refractivity contribution is 0.508. The van der Waals surface area contributed by atoms with Gasteiger partial charge in [-0.05, 0) is 0 Å². The third-order valence-corrected chi connectivity index (χ3v) is 1.63. The van der Waals surface area contributed by atoms with Gasteiger partial charge in [-0.2, -0.15) is 0 Å². The summed E-state index contributed by atoms with van der Waals surface area (Å²) in [6.45, 7) is 6.82. The minimum Gasteiger partial charge on any atom is -0.237 e. The van der Waals surface area contributed by atoms with Crippen LogP contribution in [-0.4, -0.2) is 15.0 Å². The van der Waals surface area contributed by atoms with E-state index < -0.39 is 0 Å². The molecule has 64 valence electrons. The van der Waals surface area contributed by atoms with Crippen molar-refractivity contribution in [3.05, 3.63) is 11.9 Å². The summed E-state index contributed by atoms with van der Waals surface area (Å²) >= 11 is 0. The average Bonchev–Trinajstić information content (AvgIpc) is 2.34. The highest BCUT2D eigenvalue weighted by Gasteiger charge is 2.18. The molecule has 0 amide bonds. The first-order valence-electron chi connectivity index (χ1n) is 3.88. The maximum absolute atomic E-state index is 5.19. The molecular formula is C9H13N3. The molecule has 1 aromatic heterocycles. The minimum absolute atomic E-state index is 0.0559. The molecular weight excluding hydrogens is 150 g/mol. The minimum atomic E-state index is 0.0559. The third-order valence-electron chi connectivity index (χ3n) is 1.63. The molecule has 1 aromatic rings. The first-order chi connectivity index (χ1) is 5.55. The molecule has 0 radical (unpaired) electrons. The molecule has 0 aromatic carbocycles. The van der Waals surface area contributed by atoms with Crippen molar-refractivity contribution in [1.82, 2.24) is 15.0 Å². The second-order valence-electron chi connectivity index (χ2n) is 3.73. The summed E-state index contributed by atoms with van der Waals surface area (Å²) in [7, 11) is 0. The average molecular weight is 163 g/mol. The van der Waals surface area contributed by atoms with Crippen molar-refractivity contribution < 1.29 is 0 Å². The van der Waals surface area contributed by atoms with Crippen LogP contribution in [0.25, 0.3) is 0 Å². The van der Waals surface area contributed by atoms with Crippen LogP contribution in [0.1, 0.15) is 26.5 Å². The fourth-order valence-electron chi connectivity index (χ4n) is 1.04. The van der Waals surface area contributed by atoms with Crippen molar-refractivity contribution >= 4 is 0 Å². The Morgan fingerprint density at radius 1 is 1.58 bits per heavy atom. The smallest absolute Gasteiger partial charge is 0.103 e. The molecule has 0 bridgehead atoms. The van der Waals surface area contributed by atoms with E-state index in [4.69, 9.17) is 6.42 Å². The first kappa shape index (κ1) is 8.79. The molecule has 0 unspecified atom stereocenters. The highest BCUT2D eigenvalue weighted by molar-refractivity contribution is 5.09. The lowest BCUT2D eigenvalue weighted by Gasteiger charge is -2.17. The first-order valence-corrected chi connectivity index (χ1v) is 3.88. The molecule has 0 aliphatic rings. The van der Waals surface area contributed by atoms with Crippen molar-refractivity contribution in [3.8, 4) is 12.3 Å². The number of hydrogen-bond donors (Lipinski definition) is 0. The Labute approximate surface area is 72.8 Å². The van der Waals surface area contributed by atoms with E-state index in [1.807, 2.05) is 0 Å². The van der Waals surface area contributed by atoms with Gasteiger partial charge in [-0.1, -0.05) is 31.9 Å². The number of nitrogens with zero attached hydrogens (tertiary/aromatic N) is 3. The second-order valence-corrected chi connectivity index (χ2v) is 3.73. The topological polar surface area (TPSA) is 30.7 Å². The van der Waals surface area contributed by atoms with Crippen LogP contribution < -0.4 is 0 Å². The van der Waals surface area contributed by atoms with Gasteiger partial charge in [-0.3, -0.25) is 0 Å². The van der Waals surface area contributed by atoms with Crippen LogP contribution in [0.15, 0.2) is 6.20 Å². The van der Waals surface area contributed by atoms with Crippen LogP contribution in [0.4, 0.5) is 0 Å². The summed E-state index contributed by atoms with van der Waals surface area (Å²) in [6, 6.07) is 0. The van der Waals surface area contributed by atoms with E-state index in [2.05, 4.69) is 37.0 Å². The van der Waals surface area contributed by atoms with Crippen LogP contribution in [0, 0.1) is 12.3 Å². The maximum atomic E-state index is 5.19. The Morgan fingerprint density at radius 2 is 2.25 bits per heavy atom. The maximum Gasteiger partial charge on any atom is 0.103 e. The Bertz CT molecular complexity index is 298. The summed E-state index contributed by atoms with van der Waals surface area (Å²) in [5.41, 5.74) is 1.13. The van der Waals surface area contributed by atoms with Crippen LogP contribution in [0.5, 0.6) is 0 Å². The van der Waals surface area contributed by atoms with Crippen LogP contribution >= 0.6 is 0 Å². The number of hydrogen-bond acceptors (Lipinski definition) is 2. The molecule has 0 spiro atoms. The van der Waals surface area contributed by atoms with E-state index in [0.29, 0.717) is 6.54 Å². The Kier molecular flexibility index (Phi) is 2.18. The van der Waals surface area contributed by atoms with E-state index in [0.717, 1.165) is 5.69 Å². The SMILES string of the molecule is C#CCn1nncc1C(C)(C)C. The number of terminal acetylenes is 1. The molecule has 1 rings (SSSR count). The van der Waals surface area contributed by atoms with Crippen molar-refractivity contribution in [3.63, 3.8) is 0 Å². The molecule has 0 fully saturated rings. The van der Waals surface area contributed by atoms with Gasteiger partial charge in [0, 0.05) is 5.41 Å². The van der Waals surface area contributed by atoms with Crippen LogP contribution in [-0.2, 0) is 12.0 Å². The molecule has 0 N–H and O–H groups in total. The zero-order chi connectivity index (χ0) is 9.19. The highest BCUT2D eigenvalue weighted by Crippen LogP contribution is 2.20. The second kappa shape index (κ2) is 2.98. The van der Waals surface area contributed by atoms with Gasteiger partial charge in [0.2, 0.25) is 0 Å². The number of aromatic nitrogens is 3.